The highest BCUT2D eigenvalue weighted by molar-refractivity contribution is 6.34. The third kappa shape index (κ3) is 1.57. The average Bonchev–Trinajstić information content (AvgIpc) is 2.33. The zero-order chi connectivity index (χ0) is 8.43. The van der Waals surface area contributed by atoms with Crippen LogP contribution in [0.3, 0.4) is 0 Å². The Morgan fingerprint density at radius 1 is 1.27 bits per heavy atom. The number of nitrogens with zero attached hydrogens (tertiary/aromatic N) is 2. The van der Waals surface area contributed by atoms with Crippen molar-refractivity contribution in [1.82, 2.24) is 10.0 Å². The summed E-state index contributed by atoms with van der Waals surface area (Å²) < 4.78 is 0. The molecule has 1 amide bonds. The fourth-order valence-electron chi connectivity index (χ4n) is 1.18. The van der Waals surface area contributed by atoms with Crippen LogP contribution in [0.4, 0.5) is 0 Å². The summed E-state index contributed by atoms with van der Waals surface area (Å²) in [6.45, 7) is 2.84. The van der Waals surface area contributed by atoms with Gasteiger partial charge in [-0.3, -0.25) is 14.6 Å². The standard InChI is InChI=1S/C7H12N2O2/c1-6(10)7(11)9-5-3-4-8(9)2/h3-5H2,1-2H3. The molecule has 0 spiro atoms. The van der Waals surface area contributed by atoms with Crippen LogP contribution in [-0.2, 0) is 9.59 Å². The number of hydrazine groups is 1. The third-order valence-corrected chi connectivity index (χ3v) is 1.80. The number of rotatable bonds is 1. The minimum Gasteiger partial charge on any atom is -0.289 e. The first-order valence-electron chi connectivity index (χ1n) is 3.66. The smallest absolute Gasteiger partial charge is 0.289 e. The summed E-state index contributed by atoms with van der Waals surface area (Å²) >= 11 is 0. The average molecular weight is 156 g/mol. The van der Waals surface area contributed by atoms with Crippen molar-refractivity contribution in [2.75, 3.05) is 20.1 Å². The second-order valence-corrected chi connectivity index (χ2v) is 2.72. The van der Waals surface area contributed by atoms with E-state index in [1.54, 1.807) is 5.01 Å². The van der Waals surface area contributed by atoms with Gasteiger partial charge in [0.05, 0.1) is 0 Å². The van der Waals surface area contributed by atoms with E-state index >= 15 is 0 Å². The molecule has 1 heterocycles. The van der Waals surface area contributed by atoms with Crippen molar-refractivity contribution in [1.29, 1.82) is 0 Å². The van der Waals surface area contributed by atoms with Crippen molar-refractivity contribution in [3.05, 3.63) is 0 Å². The lowest BCUT2D eigenvalue weighted by atomic mass is 10.4. The van der Waals surface area contributed by atoms with Gasteiger partial charge in [-0.15, -0.1) is 0 Å². The molecule has 0 radical (unpaired) electrons. The predicted octanol–water partition coefficient (Wildman–Crippen LogP) is -0.346. The van der Waals surface area contributed by atoms with Gasteiger partial charge in [-0.1, -0.05) is 0 Å². The van der Waals surface area contributed by atoms with Crippen LogP contribution in [0.2, 0.25) is 0 Å². The molecular weight excluding hydrogens is 144 g/mol. The van der Waals surface area contributed by atoms with Crippen molar-refractivity contribution >= 4 is 11.7 Å². The molecule has 4 nitrogen and oxygen atoms in total. The molecule has 0 atom stereocenters. The third-order valence-electron chi connectivity index (χ3n) is 1.80. The summed E-state index contributed by atoms with van der Waals surface area (Å²) in [6.07, 6.45) is 0.954. The molecule has 1 fully saturated rings. The molecular formula is C7H12N2O2. The van der Waals surface area contributed by atoms with Gasteiger partial charge in [0, 0.05) is 27.1 Å². The SMILES string of the molecule is CC(=O)C(=O)N1CCCN1C. The number of ketones is 1. The molecule has 1 aliphatic rings. The van der Waals surface area contributed by atoms with E-state index in [9.17, 15) is 9.59 Å². The molecule has 11 heavy (non-hydrogen) atoms. The molecule has 0 N–H and O–H groups in total. The quantitative estimate of drug-likeness (QED) is 0.487. The van der Waals surface area contributed by atoms with Crippen molar-refractivity contribution in [3.8, 4) is 0 Å². The highest BCUT2D eigenvalue weighted by atomic mass is 16.2. The monoisotopic (exact) mass is 156 g/mol. The lowest BCUT2D eigenvalue weighted by Crippen LogP contribution is -2.41. The largest absolute Gasteiger partial charge is 0.303 e. The topological polar surface area (TPSA) is 40.6 Å². The molecule has 0 bridgehead atoms. The van der Waals surface area contributed by atoms with Crippen molar-refractivity contribution in [3.63, 3.8) is 0 Å². The Balaban J connectivity index is 2.60. The van der Waals surface area contributed by atoms with Gasteiger partial charge in [0.15, 0.2) is 0 Å². The highest BCUT2D eigenvalue weighted by Gasteiger charge is 2.25. The first-order valence-corrected chi connectivity index (χ1v) is 3.66. The van der Waals surface area contributed by atoms with Crippen LogP contribution in [0.1, 0.15) is 13.3 Å². The number of hydrogen-bond acceptors (Lipinski definition) is 3. The summed E-state index contributed by atoms with van der Waals surface area (Å²) in [4.78, 5) is 21.7. The summed E-state index contributed by atoms with van der Waals surface area (Å²) in [6, 6.07) is 0. The maximum absolute atomic E-state index is 11.1. The van der Waals surface area contributed by atoms with E-state index in [1.807, 2.05) is 7.05 Å². The molecule has 0 aromatic heterocycles. The Morgan fingerprint density at radius 3 is 2.27 bits per heavy atom. The van der Waals surface area contributed by atoms with Gasteiger partial charge < -0.3 is 0 Å². The first kappa shape index (κ1) is 8.20. The summed E-state index contributed by atoms with van der Waals surface area (Å²) in [7, 11) is 1.81. The Morgan fingerprint density at radius 2 is 1.91 bits per heavy atom. The van der Waals surface area contributed by atoms with Crippen molar-refractivity contribution in [2.45, 2.75) is 13.3 Å². The molecule has 62 valence electrons. The molecule has 0 saturated carbocycles. The van der Waals surface area contributed by atoms with Gasteiger partial charge in [0.25, 0.3) is 0 Å². The van der Waals surface area contributed by atoms with Gasteiger partial charge in [-0.05, 0) is 6.42 Å². The van der Waals surface area contributed by atoms with E-state index in [-0.39, 0.29) is 0 Å². The van der Waals surface area contributed by atoms with Gasteiger partial charge >= 0.3 is 5.91 Å². The fourth-order valence-corrected chi connectivity index (χ4v) is 1.18. The lowest BCUT2D eigenvalue weighted by molar-refractivity contribution is -0.151. The van der Waals surface area contributed by atoms with Crippen molar-refractivity contribution < 1.29 is 9.59 Å². The van der Waals surface area contributed by atoms with E-state index in [0.717, 1.165) is 13.0 Å². The number of Topliss-reactive ketones (excluding diaryl/α,β-unsaturated/α-hetero) is 1. The molecule has 0 aromatic rings. The fraction of sp³-hybridized carbons (Fsp3) is 0.714. The van der Waals surface area contributed by atoms with Crippen molar-refractivity contribution in [2.24, 2.45) is 0 Å². The molecule has 4 heteroatoms. The maximum atomic E-state index is 11.1. The van der Waals surface area contributed by atoms with E-state index < -0.39 is 11.7 Å². The number of hydrogen-bond donors (Lipinski definition) is 0. The van der Waals surface area contributed by atoms with E-state index in [1.165, 1.54) is 11.9 Å². The van der Waals surface area contributed by atoms with Gasteiger partial charge in [0.1, 0.15) is 0 Å². The van der Waals surface area contributed by atoms with Crippen LogP contribution in [0, 0.1) is 0 Å². The maximum Gasteiger partial charge on any atom is 0.303 e. The zero-order valence-electron chi connectivity index (χ0n) is 6.83. The second kappa shape index (κ2) is 3.00. The molecule has 0 aromatic carbocycles. The molecule has 1 saturated heterocycles. The molecule has 1 rings (SSSR count). The van der Waals surface area contributed by atoms with E-state index in [2.05, 4.69) is 0 Å². The number of carbonyl (C=O) groups excluding carboxylic acids is 2. The molecule has 0 aliphatic carbocycles. The zero-order valence-corrected chi connectivity index (χ0v) is 6.83. The van der Waals surface area contributed by atoms with Crippen LogP contribution in [0.25, 0.3) is 0 Å². The highest BCUT2D eigenvalue weighted by Crippen LogP contribution is 2.07. The van der Waals surface area contributed by atoms with E-state index in [0.29, 0.717) is 6.54 Å². The van der Waals surface area contributed by atoms with Gasteiger partial charge in [-0.2, -0.15) is 0 Å². The van der Waals surface area contributed by atoms with Crippen LogP contribution >= 0.6 is 0 Å². The Bertz CT molecular complexity index is 191. The van der Waals surface area contributed by atoms with Crippen LogP contribution in [0.15, 0.2) is 0 Å². The van der Waals surface area contributed by atoms with Gasteiger partial charge in [0.2, 0.25) is 5.78 Å². The van der Waals surface area contributed by atoms with Crippen LogP contribution < -0.4 is 0 Å². The minimum absolute atomic E-state index is 0.390. The predicted molar refractivity (Wildman–Crippen MR) is 39.6 cm³/mol. The Hall–Kier alpha value is -0.900. The Labute approximate surface area is 65.7 Å². The molecule has 0 unspecified atom stereocenters. The Kier molecular flexibility index (Phi) is 2.24. The second-order valence-electron chi connectivity index (χ2n) is 2.72. The summed E-state index contributed by atoms with van der Waals surface area (Å²) in [5, 5.41) is 3.27. The van der Waals surface area contributed by atoms with Gasteiger partial charge in [-0.25, -0.2) is 5.01 Å². The lowest BCUT2D eigenvalue weighted by Gasteiger charge is -2.22. The normalized spacial score (nSPS) is 18.9. The summed E-state index contributed by atoms with van der Waals surface area (Å²) in [5.74, 6) is -0.788. The van der Waals surface area contributed by atoms with E-state index in [4.69, 9.17) is 0 Å². The van der Waals surface area contributed by atoms with Crippen LogP contribution in [0.5, 0.6) is 0 Å². The number of carbonyl (C=O) groups is 2. The number of amides is 1. The minimum atomic E-state index is -0.398. The first-order chi connectivity index (χ1) is 5.13. The summed E-state index contributed by atoms with van der Waals surface area (Å²) in [5.41, 5.74) is 0. The molecule has 1 aliphatic heterocycles. The van der Waals surface area contributed by atoms with Crippen LogP contribution in [-0.4, -0.2) is 41.8 Å².